The van der Waals surface area contributed by atoms with Gasteiger partial charge in [-0.2, -0.15) is 0 Å². The van der Waals surface area contributed by atoms with Crippen LogP contribution in [0.25, 0.3) is 26.3 Å². The zero-order valence-electron chi connectivity index (χ0n) is 22.0. The van der Waals surface area contributed by atoms with Crippen LogP contribution in [-0.2, 0) is 4.74 Å². The number of methoxy groups -OCH3 is 1. The summed E-state index contributed by atoms with van der Waals surface area (Å²) in [5, 5.41) is 10.8. The summed E-state index contributed by atoms with van der Waals surface area (Å²) in [6.45, 7) is 1.79. The van der Waals surface area contributed by atoms with E-state index in [-0.39, 0.29) is 12.2 Å². The van der Waals surface area contributed by atoms with Gasteiger partial charge < -0.3 is 19.3 Å². The summed E-state index contributed by atoms with van der Waals surface area (Å²) >= 11 is 7.34. The summed E-state index contributed by atoms with van der Waals surface area (Å²) in [4.78, 5) is 18.8. The zero-order valence-corrected chi connectivity index (χ0v) is 23.6. The highest BCUT2D eigenvalue weighted by molar-refractivity contribution is 7.22. The number of aliphatic hydroxyl groups excluding tert-OH is 1. The van der Waals surface area contributed by atoms with E-state index in [1.807, 2.05) is 25.1 Å². The van der Waals surface area contributed by atoms with E-state index < -0.39 is 30.7 Å². The summed E-state index contributed by atoms with van der Waals surface area (Å²) in [6.07, 6.45) is 1.17. The molecule has 1 N–H and O–H groups in total. The van der Waals surface area contributed by atoms with E-state index in [0.717, 1.165) is 23.3 Å². The fraction of sp³-hybridized carbons (Fsp3) is 0.379. The third-order valence-electron chi connectivity index (χ3n) is 6.83. The van der Waals surface area contributed by atoms with E-state index in [1.165, 1.54) is 29.3 Å². The minimum atomic E-state index is -2.87. The number of benzene rings is 2. The molecule has 0 saturated heterocycles. The van der Waals surface area contributed by atoms with E-state index >= 15 is 0 Å². The number of rotatable bonds is 11. The van der Waals surface area contributed by atoms with Crippen LogP contribution in [0.2, 0.25) is 5.02 Å². The minimum Gasteiger partial charge on any atom is -0.493 e. The molecule has 2 aromatic heterocycles. The molecule has 5 rings (SSSR count). The Kier molecular flexibility index (Phi) is 8.15. The standard InChI is InChI=1S/C29H29ClF2N2O5S/c1-3-4-5-25(35)39-28(14-29(31,32)15-28)16-38-22-11-10-20(12-23(22)37-2)34-17-33-21-13-24(40-26(21)27(34)36)18-6-8-19(30)9-7-18/h6-13,17,25,35H,3-5,14-16H2,1-2H3. The molecule has 1 aliphatic rings. The number of hydrogen-bond donors (Lipinski definition) is 1. The molecular formula is C29H29ClF2N2O5S. The minimum absolute atomic E-state index is 0.183. The van der Waals surface area contributed by atoms with Gasteiger partial charge in [-0.15, -0.1) is 11.3 Å². The number of thiophene rings is 1. The van der Waals surface area contributed by atoms with Gasteiger partial charge in [-0.3, -0.25) is 9.36 Å². The van der Waals surface area contributed by atoms with Crippen LogP contribution in [0.3, 0.4) is 0 Å². The quantitative estimate of drug-likeness (QED) is 0.192. The number of aromatic nitrogens is 2. The molecule has 7 nitrogen and oxygen atoms in total. The largest absolute Gasteiger partial charge is 0.493 e. The van der Waals surface area contributed by atoms with Crippen molar-refractivity contribution in [2.45, 2.75) is 56.8 Å². The van der Waals surface area contributed by atoms with Gasteiger partial charge >= 0.3 is 0 Å². The molecule has 11 heteroatoms. The van der Waals surface area contributed by atoms with E-state index in [4.69, 9.17) is 25.8 Å². The number of nitrogens with zero attached hydrogens (tertiary/aromatic N) is 2. The Balaban J connectivity index is 1.37. The number of aliphatic hydroxyl groups is 1. The third-order valence-corrected chi connectivity index (χ3v) is 8.25. The first-order chi connectivity index (χ1) is 19.1. The molecule has 212 valence electrons. The van der Waals surface area contributed by atoms with Gasteiger partial charge in [0, 0.05) is 28.8 Å². The first-order valence-electron chi connectivity index (χ1n) is 12.9. The number of fused-ring (bicyclic) bond motifs is 1. The van der Waals surface area contributed by atoms with E-state index in [2.05, 4.69) is 4.98 Å². The maximum Gasteiger partial charge on any atom is 0.275 e. The van der Waals surface area contributed by atoms with E-state index in [9.17, 15) is 18.7 Å². The predicted molar refractivity (Wildman–Crippen MR) is 151 cm³/mol. The monoisotopic (exact) mass is 590 g/mol. The Morgan fingerprint density at radius 1 is 1.15 bits per heavy atom. The molecule has 0 aliphatic heterocycles. The van der Waals surface area contributed by atoms with Gasteiger partial charge in [-0.1, -0.05) is 37.1 Å². The predicted octanol–water partition coefficient (Wildman–Crippen LogP) is 6.85. The highest BCUT2D eigenvalue weighted by atomic mass is 35.5. The number of hydrogen-bond acceptors (Lipinski definition) is 7. The Hall–Kier alpha value is -3.05. The Labute approximate surface area is 238 Å². The molecule has 1 atom stereocenters. The van der Waals surface area contributed by atoms with Crippen molar-refractivity contribution in [1.29, 1.82) is 0 Å². The molecule has 0 radical (unpaired) electrons. The lowest BCUT2D eigenvalue weighted by molar-refractivity contribution is -0.289. The molecule has 2 aromatic carbocycles. The van der Waals surface area contributed by atoms with Crippen LogP contribution in [-0.4, -0.2) is 46.2 Å². The molecule has 1 fully saturated rings. The molecule has 1 aliphatic carbocycles. The maximum absolute atomic E-state index is 13.8. The van der Waals surface area contributed by atoms with Crippen molar-refractivity contribution in [3.63, 3.8) is 0 Å². The highest BCUT2D eigenvalue weighted by Crippen LogP contribution is 2.49. The van der Waals surface area contributed by atoms with Gasteiger partial charge in [-0.25, -0.2) is 13.8 Å². The van der Waals surface area contributed by atoms with Gasteiger partial charge in [0.1, 0.15) is 23.2 Å². The Morgan fingerprint density at radius 3 is 2.58 bits per heavy atom. The molecule has 1 unspecified atom stereocenters. The lowest BCUT2D eigenvalue weighted by atomic mass is 9.76. The first-order valence-corrected chi connectivity index (χ1v) is 14.1. The first kappa shape index (κ1) is 28.5. The normalized spacial score (nSPS) is 16.4. The van der Waals surface area contributed by atoms with Crippen molar-refractivity contribution in [1.82, 2.24) is 9.55 Å². The molecule has 2 heterocycles. The van der Waals surface area contributed by atoms with Crippen molar-refractivity contribution >= 4 is 33.2 Å². The van der Waals surface area contributed by atoms with Crippen molar-refractivity contribution in [3.05, 3.63) is 70.2 Å². The lowest BCUT2D eigenvalue weighted by Crippen LogP contribution is -2.58. The summed E-state index contributed by atoms with van der Waals surface area (Å²) < 4.78 is 46.6. The molecular weight excluding hydrogens is 562 g/mol. The van der Waals surface area contributed by atoms with Crippen LogP contribution in [0.5, 0.6) is 11.5 Å². The van der Waals surface area contributed by atoms with Gasteiger partial charge in [0.05, 0.1) is 18.3 Å². The van der Waals surface area contributed by atoms with Crippen LogP contribution in [0.4, 0.5) is 8.78 Å². The number of halogens is 3. The molecule has 4 aromatic rings. The second kappa shape index (κ2) is 11.4. The Morgan fingerprint density at radius 2 is 1.90 bits per heavy atom. The molecule has 0 amide bonds. The van der Waals surface area contributed by atoms with Crippen LogP contribution >= 0.6 is 22.9 Å². The molecule has 0 bridgehead atoms. The molecule has 0 spiro atoms. The summed E-state index contributed by atoms with van der Waals surface area (Å²) in [5.41, 5.74) is 0.488. The highest BCUT2D eigenvalue weighted by Gasteiger charge is 2.59. The van der Waals surface area contributed by atoms with E-state index in [1.54, 1.807) is 30.3 Å². The topological polar surface area (TPSA) is 82.8 Å². The lowest BCUT2D eigenvalue weighted by Gasteiger charge is -2.47. The number of alkyl halides is 2. The van der Waals surface area contributed by atoms with Crippen LogP contribution in [0, 0.1) is 0 Å². The summed E-state index contributed by atoms with van der Waals surface area (Å²) in [6, 6.07) is 14.1. The van der Waals surface area contributed by atoms with Crippen molar-refractivity contribution in [3.8, 4) is 27.6 Å². The second-order valence-electron chi connectivity index (χ2n) is 9.98. The zero-order chi connectivity index (χ0) is 28.5. The molecule has 1 saturated carbocycles. The van der Waals surface area contributed by atoms with Crippen LogP contribution in [0.15, 0.2) is 59.7 Å². The summed E-state index contributed by atoms with van der Waals surface area (Å²) in [5.74, 6) is -2.26. The average molecular weight is 591 g/mol. The average Bonchev–Trinajstić information content (AvgIpc) is 3.35. The van der Waals surface area contributed by atoms with E-state index in [0.29, 0.717) is 38.8 Å². The fourth-order valence-corrected chi connectivity index (χ4v) is 6.00. The smallest absolute Gasteiger partial charge is 0.275 e. The van der Waals surface area contributed by atoms with Crippen LogP contribution in [0.1, 0.15) is 39.0 Å². The van der Waals surface area contributed by atoms with Crippen molar-refractivity contribution < 1.29 is 28.1 Å². The van der Waals surface area contributed by atoms with Crippen LogP contribution < -0.4 is 15.0 Å². The molecule has 40 heavy (non-hydrogen) atoms. The van der Waals surface area contributed by atoms with Gasteiger partial charge in [-0.05, 0) is 48.7 Å². The third kappa shape index (κ3) is 6.00. The number of ether oxygens (including phenoxy) is 3. The number of unbranched alkanes of at least 4 members (excludes halogenated alkanes) is 1. The van der Waals surface area contributed by atoms with Crippen molar-refractivity contribution in [2.75, 3.05) is 13.7 Å². The second-order valence-corrected chi connectivity index (χ2v) is 11.5. The summed E-state index contributed by atoms with van der Waals surface area (Å²) in [7, 11) is 1.45. The fourth-order valence-electron chi connectivity index (χ4n) is 4.82. The van der Waals surface area contributed by atoms with Gasteiger partial charge in [0.15, 0.2) is 17.8 Å². The van der Waals surface area contributed by atoms with Gasteiger partial charge in [0.25, 0.3) is 11.5 Å². The SMILES string of the molecule is CCCCC(O)OC1(COc2ccc(-n3cnc4cc(-c5ccc(Cl)cc5)sc4c3=O)cc2OC)CC(F)(F)C1. The van der Waals surface area contributed by atoms with Crippen molar-refractivity contribution in [2.24, 2.45) is 0 Å². The maximum atomic E-state index is 13.8. The Bertz CT molecular complexity index is 1550. The van der Waals surface area contributed by atoms with Gasteiger partial charge in [0.2, 0.25) is 0 Å².